The third kappa shape index (κ3) is 2.77. The molecule has 0 saturated carbocycles. The SMILES string of the molecule is CCC(CC)c1nn(-c2cccc(C)c2)c2c1CCCCN2. The lowest BCUT2D eigenvalue weighted by molar-refractivity contribution is 0.605. The lowest BCUT2D eigenvalue weighted by atomic mass is 9.94. The van der Waals surface area contributed by atoms with Crippen LogP contribution < -0.4 is 5.32 Å². The molecule has 3 nitrogen and oxygen atoms in total. The summed E-state index contributed by atoms with van der Waals surface area (Å²) in [6.07, 6.45) is 5.97. The number of anilines is 1. The molecule has 3 heteroatoms. The number of benzene rings is 1. The van der Waals surface area contributed by atoms with Gasteiger partial charge in [0.2, 0.25) is 0 Å². The van der Waals surface area contributed by atoms with E-state index >= 15 is 0 Å². The van der Waals surface area contributed by atoms with Gasteiger partial charge in [0.1, 0.15) is 5.82 Å². The highest BCUT2D eigenvalue weighted by Crippen LogP contribution is 2.34. The molecule has 1 N–H and O–H groups in total. The van der Waals surface area contributed by atoms with E-state index in [2.05, 4.69) is 55.0 Å². The molecule has 118 valence electrons. The van der Waals surface area contributed by atoms with Crippen LogP contribution in [-0.4, -0.2) is 16.3 Å². The van der Waals surface area contributed by atoms with Crippen molar-refractivity contribution in [2.45, 2.75) is 58.8 Å². The second kappa shape index (κ2) is 6.55. The maximum Gasteiger partial charge on any atom is 0.133 e. The lowest BCUT2D eigenvalue weighted by Crippen LogP contribution is -2.07. The molecule has 0 amide bonds. The fraction of sp³-hybridized carbons (Fsp3) is 0.526. The fourth-order valence-electron chi connectivity index (χ4n) is 3.48. The number of fused-ring (bicyclic) bond motifs is 1. The Morgan fingerprint density at radius 1 is 1.23 bits per heavy atom. The molecule has 0 bridgehead atoms. The normalized spacial score (nSPS) is 14.5. The van der Waals surface area contributed by atoms with E-state index in [9.17, 15) is 0 Å². The van der Waals surface area contributed by atoms with Crippen LogP contribution in [0.15, 0.2) is 24.3 Å². The molecule has 3 rings (SSSR count). The van der Waals surface area contributed by atoms with Gasteiger partial charge in [0, 0.05) is 18.0 Å². The smallest absolute Gasteiger partial charge is 0.133 e. The van der Waals surface area contributed by atoms with Crippen LogP contribution in [-0.2, 0) is 6.42 Å². The van der Waals surface area contributed by atoms with E-state index in [1.165, 1.54) is 41.2 Å². The monoisotopic (exact) mass is 297 g/mol. The summed E-state index contributed by atoms with van der Waals surface area (Å²) in [6.45, 7) is 7.74. The van der Waals surface area contributed by atoms with Gasteiger partial charge in [-0.15, -0.1) is 0 Å². The Labute approximate surface area is 133 Å². The first-order valence-corrected chi connectivity index (χ1v) is 8.67. The van der Waals surface area contributed by atoms with Crippen LogP contribution in [0.3, 0.4) is 0 Å². The average molecular weight is 297 g/mol. The Kier molecular flexibility index (Phi) is 4.51. The number of aryl methyl sites for hydroxylation is 1. The predicted octanol–water partition coefficient (Wildman–Crippen LogP) is 4.83. The minimum atomic E-state index is 0.569. The van der Waals surface area contributed by atoms with Crippen LogP contribution in [0.4, 0.5) is 5.82 Å². The van der Waals surface area contributed by atoms with Crippen molar-refractivity contribution in [1.82, 2.24) is 9.78 Å². The van der Waals surface area contributed by atoms with E-state index in [0.717, 1.165) is 25.8 Å². The van der Waals surface area contributed by atoms with Crippen LogP contribution >= 0.6 is 0 Å². The molecular weight excluding hydrogens is 270 g/mol. The number of rotatable bonds is 4. The average Bonchev–Trinajstić information content (AvgIpc) is 2.71. The molecule has 0 saturated heterocycles. The highest BCUT2D eigenvalue weighted by atomic mass is 15.3. The molecule has 1 aliphatic heterocycles. The second-order valence-corrected chi connectivity index (χ2v) is 6.36. The van der Waals surface area contributed by atoms with Gasteiger partial charge in [-0.25, -0.2) is 4.68 Å². The topological polar surface area (TPSA) is 29.9 Å². The highest BCUT2D eigenvalue weighted by Gasteiger charge is 2.24. The van der Waals surface area contributed by atoms with E-state index < -0.39 is 0 Å². The van der Waals surface area contributed by atoms with Gasteiger partial charge in [-0.3, -0.25) is 0 Å². The quantitative estimate of drug-likeness (QED) is 0.875. The lowest BCUT2D eigenvalue weighted by Gasteiger charge is -2.11. The van der Waals surface area contributed by atoms with Gasteiger partial charge in [0.05, 0.1) is 11.4 Å². The molecule has 0 radical (unpaired) electrons. The highest BCUT2D eigenvalue weighted by molar-refractivity contribution is 5.55. The molecule has 1 aromatic carbocycles. The van der Waals surface area contributed by atoms with Gasteiger partial charge in [0.25, 0.3) is 0 Å². The minimum absolute atomic E-state index is 0.569. The molecular formula is C19H27N3. The summed E-state index contributed by atoms with van der Waals surface area (Å²) in [5, 5.41) is 8.68. The molecule has 1 aromatic heterocycles. The van der Waals surface area contributed by atoms with Crippen LogP contribution in [0.2, 0.25) is 0 Å². The fourth-order valence-corrected chi connectivity index (χ4v) is 3.48. The van der Waals surface area contributed by atoms with E-state index in [1.807, 2.05) is 0 Å². The number of aromatic nitrogens is 2. The van der Waals surface area contributed by atoms with Gasteiger partial charge < -0.3 is 5.32 Å². The van der Waals surface area contributed by atoms with E-state index in [1.54, 1.807) is 0 Å². The third-order valence-corrected chi connectivity index (χ3v) is 4.78. The zero-order valence-corrected chi connectivity index (χ0v) is 14.0. The molecule has 0 spiro atoms. The summed E-state index contributed by atoms with van der Waals surface area (Å²) >= 11 is 0. The first-order chi connectivity index (χ1) is 10.7. The molecule has 22 heavy (non-hydrogen) atoms. The summed E-state index contributed by atoms with van der Waals surface area (Å²) in [5.41, 5.74) is 5.21. The van der Waals surface area contributed by atoms with Crippen molar-refractivity contribution >= 4 is 5.82 Å². The summed E-state index contributed by atoms with van der Waals surface area (Å²) in [7, 11) is 0. The maximum atomic E-state index is 5.04. The third-order valence-electron chi connectivity index (χ3n) is 4.78. The Morgan fingerprint density at radius 3 is 2.77 bits per heavy atom. The Balaban J connectivity index is 2.14. The standard InChI is InChI=1S/C19H27N3/c1-4-15(5-2)18-17-11-6-7-12-20-19(17)22(21-18)16-10-8-9-14(3)13-16/h8-10,13,15,20H,4-7,11-12H2,1-3H3. The van der Waals surface area contributed by atoms with Crippen molar-refractivity contribution in [3.8, 4) is 5.69 Å². The molecule has 0 aliphatic carbocycles. The summed E-state index contributed by atoms with van der Waals surface area (Å²) in [4.78, 5) is 0. The Bertz CT molecular complexity index is 638. The second-order valence-electron chi connectivity index (χ2n) is 6.36. The van der Waals surface area contributed by atoms with Crippen LogP contribution in [0.1, 0.15) is 62.3 Å². The zero-order valence-electron chi connectivity index (χ0n) is 14.0. The van der Waals surface area contributed by atoms with Gasteiger partial charge >= 0.3 is 0 Å². The van der Waals surface area contributed by atoms with Crippen molar-refractivity contribution in [3.63, 3.8) is 0 Å². The van der Waals surface area contributed by atoms with Gasteiger partial charge in [-0.05, 0) is 56.7 Å². The molecule has 1 aliphatic rings. The summed E-state index contributed by atoms with van der Waals surface area (Å²) in [5.74, 6) is 1.80. The minimum Gasteiger partial charge on any atom is -0.370 e. The summed E-state index contributed by atoms with van der Waals surface area (Å²) in [6, 6.07) is 8.63. The zero-order chi connectivity index (χ0) is 15.5. The van der Waals surface area contributed by atoms with E-state index in [-0.39, 0.29) is 0 Å². The summed E-state index contributed by atoms with van der Waals surface area (Å²) < 4.78 is 2.14. The van der Waals surface area contributed by atoms with Gasteiger partial charge in [0.15, 0.2) is 0 Å². The largest absolute Gasteiger partial charge is 0.370 e. The predicted molar refractivity (Wildman–Crippen MR) is 93.1 cm³/mol. The van der Waals surface area contributed by atoms with Crippen molar-refractivity contribution < 1.29 is 0 Å². The molecule has 0 unspecified atom stereocenters. The number of nitrogens with one attached hydrogen (secondary N) is 1. The van der Waals surface area contributed by atoms with Crippen LogP contribution in [0.5, 0.6) is 0 Å². The molecule has 2 aromatic rings. The molecule has 0 fully saturated rings. The van der Waals surface area contributed by atoms with Crippen molar-refractivity contribution in [2.75, 3.05) is 11.9 Å². The van der Waals surface area contributed by atoms with Crippen molar-refractivity contribution in [3.05, 3.63) is 41.1 Å². The van der Waals surface area contributed by atoms with Crippen LogP contribution in [0.25, 0.3) is 5.69 Å². The van der Waals surface area contributed by atoms with Crippen molar-refractivity contribution in [1.29, 1.82) is 0 Å². The Morgan fingerprint density at radius 2 is 2.05 bits per heavy atom. The van der Waals surface area contributed by atoms with E-state index in [0.29, 0.717) is 5.92 Å². The Hall–Kier alpha value is -1.77. The maximum absolute atomic E-state index is 5.04. The number of hydrogen-bond donors (Lipinski definition) is 1. The number of hydrogen-bond acceptors (Lipinski definition) is 2. The van der Waals surface area contributed by atoms with Crippen molar-refractivity contribution in [2.24, 2.45) is 0 Å². The molecule has 2 heterocycles. The van der Waals surface area contributed by atoms with Crippen LogP contribution in [0, 0.1) is 6.92 Å². The first-order valence-electron chi connectivity index (χ1n) is 8.67. The van der Waals surface area contributed by atoms with Gasteiger partial charge in [-0.2, -0.15) is 5.10 Å². The molecule has 0 atom stereocenters. The number of nitrogens with zero attached hydrogens (tertiary/aromatic N) is 2. The van der Waals surface area contributed by atoms with E-state index in [4.69, 9.17) is 5.10 Å². The first kappa shape index (κ1) is 15.1. The van der Waals surface area contributed by atoms with Gasteiger partial charge in [-0.1, -0.05) is 26.0 Å².